The highest BCUT2D eigenvalue weighted by atomic mass is 16.3. The van der Waals surface area contributed by atoms with Gasteiger partial charge in [0.1, 0.15) is 17.8 Å². The van der Waals surface area contributed by atoms with Gasteiger partial charge in [-0.2, -0.15) is 0 Å². The number of hydrogen-bond acceptors (Lipinski definition) is 6. The van der Waals surface area contributed by atoms with E-state index in [0.717, 1.165) is 17.8 Å². The number of rotatable bonds is 6. The van der Waals surface area contributed by atoms with Gasteiger partial charge in [0.25, 0.3) is 11.8 Å². The van der Waals surface area contributed by atoms with Gasteiger partial charge in [0.15, 0.2) is 0 Å². The molecule has 1 aliphatic heterocycles. The van der Waals surface area contributed by atoms with Crippen molar-refractivity contribution < 1.29 is 14.7 Å². The molecule has 0 radical (unpaired) electrons. The quantitative estimate of drug-likeness (QED) is 0.582. The van der Waals surface area contributed by atoms with Crippen molar-refractivity contribution >= 4 is 17.5 Å². The molecule has 9 nitrogen and oxygen atoms in total. The molecule has 9 heteroatoms. The molecular formula is C25H30N6O3. The lowest BCUT2D eigenvalue weighted by molar-refractivity contribution is -0.00203. The van der Waals surface area contributed by atoms with Crippen LogP contribution in [0.2, 0.25) is 0 Å². The Kier molecular flexibility index (Phi) is 6.74. The van der Waals surface area contributed by atoms with E-state index in [2.05, 4.69) is 27.4 Å². The van der Waals surface area contributed by atoms with Crippen LogP contribution in [0.3, 0.4) is 0 Å². The molecule has 1 fully saturated rings. The third-order valence-electron chi connectivity index (χ3n) is 6.37. The first-order valence-electron chi connectivity index (χ1n) is 11.4. The molecule has 4 rings (SSSR count). The van der Waals surface area contributed by atoms with Crippen LogP contribution in [0.5, 0.6) is 0 Å². The molecule has 3 heterocycles. The lowest BCUT2D eigenvalue weighted by Crippen LogP contribution is -2.45. The smallest absolute Gasteiger partial charge is 0.274 e. The molecule has 0 aliphatic carbocycles. The number of pyridine rings is 1. The number of aromatic nitrogens is 4. The van der Waals surface area contributed by atoms with Crippen LogP contribution in [-0.4, -0.2) is 60.3 Å². The lowest BCUT2D eigenvalue weighted by Gasteiger charge is -2.35. The van der Waals surface area contributed by atoms with E-state index in [-0.39, 0.29) is 23.4 Å². The molecule has 1 atom stereocenters. The van der Waals surface area contributed by atoms with E-state index in [1.165, 1.54) is 12.3 Å². The van der Waals surface area contributed by atoms with Crippen molar-refractivity contribution in [3.8, 4) is 0 Å². The fourth-order valence-electron chi connectivity index (χ4n) is 4.06. The van der Waals surface area contributed by atoms with Gasteiger partial charge in [0, 0.05) is 44.0 Å². The summed E-state index contributed by atoms with van der Waals surface area (Å²) in [5.41, 5.74) is 1.57. The summed E-state index contributed by atoms with van der Waals surface area (Å²) >= 11 is 0. The number of benzene rings is 1. The summed E-state index contributed by atoms with van der Waals surface area (Å²) in [5.74, 6) is 0.537. The second kappa shape index (κ2) is 9.72. The number of aliphatic hydroxyl groups is 1. The van der Waals surface area contributed by atoms with Gasteiger partial charge in [-0.1, -0.05) is 19.1 Å². The van der Waals surface area contributed by atoms with E-state index in [4.69, 9.17) is 0 Å². The van der Waals surface area contributed by atoms with E-state index in [9.17, 15) is 14.7 Å². The molecule has 178 valence electrons. The van der Waals surface area contributed by atoms with Crippen LogP contribution < -0.4 is 5.32 Å². The Bertz CT molecular complexity index is 1180. The van der Waals surface area contributed by atoms with Crippen molar-refractivity contribution in [2.24, 2.45) is 7.05 Å². The third kappa shape index (κ3) is 5.48. The third-order valence-corrected chi connectivity index (χ3v) is 6.37. The molecule has 1 aromatic carbocycles. The van der Waals surface area contributed by atoms with Crippen LogP contribution in [0.4, 0.5) is 5.69 Å². The van der Waals surface area contributed by atoms with Crippen molar-refractivity contribution in [2.75, 3.05) is 18.4 Å². The van der Waals surface area contributed by atoms with Gasteiger partial charge in [-0.3, -0.25) is 14.6 Å². The number of anilines is 1. The van der Waals surface area contributed by atoms with Gasteiger partial charge in [0.05, 0.1) is 5.60 Å². The lowest BCUT2D eigenvalue weighted by atomic mass is 9.93. The number of carbonyl (C=O) groups excluding carboxylic acids is 2. The highest BCUT2D eigenvalue weighted by Crippen LogP contribution is 2.24. The van der Waals surface area contributed by atoms with E-state index in [1.54, 1.807) is 24.2 Å². The molecule has 0 saturated carbocycles. The number of nitrogens with zero attached hydrogens (tertiary/aromatic N) is 5. The van der Waals surface area contributed by atoms with Crippen molar-refractivity contribution in [1.29, 1.82) is 0 Å². The highest BCUT2D eigenvalue weighted by Gasteiger charge is 2.30. The largest absolute Gasteiger partial charge is 0.390 e. The first-order chi connectivity index (χ1) is 16.2. The minimum Gasteiger partial charge on any atom is -0.390 e. The molecular weight excluding hydrogens is 432 g/mol. The SMILES string of the molecule is C[C@H](Cc1nncn1C)c1cccc(NC(=O)c2cc(C(=O)N3CCC(C)(O)CC3)ccn2)c1. The summed E-state index contributed by atoms with van der Waals surface area (Å²) in [4.78, 5) is 31.6. The summed E-state index contributed by atoms with van der Waals surface area (Å²) < 4.78 is 1.90. The minimum absolute atomic E-state index is 0.161. The summed E-state index contributed by atoms with van der Waals surface area (Å²) in [6.45, 7) is 4.85. The Labute approximate surface area is 198 Å². The molecule has 3 aromatic rings. The average molecular weight is 463 g/mol. The zero-order chi connectivity index (χ0) is 24.3. The van der Waals surface area contributed by atoms with Gasteiger partial charge in [0.2, 0.25) is 0 Å². The summed E-state index contributed by atoms with van der Waals surface area (Å²) in [7, 11) is 1.92. The molecule has 0 bridgehead atoms. The van der Waals surface area contributed by atoms with E-state index in [1.807, 2.05) is 35.9 Å². The summed E-state index contributed by atoms with van der Waals surface area (Å²) in [6.07, 6.45) is 4.94. The second-order valence-electron chi connectivity index (χ2n) is 9.26. The van der Waals surface area contributed by atoms with Crippen LogP contribution in [0.25, 0.3) is 0 Å². The molecule has 0 spiro atoms. The molecule has 0 unspecified atom stereocenters. The van der Waals surface area contributed by atoms with E-state index < -0.39 is 5.60 Å². The Morgan fingerprint density at radius 2 is 1.97 bits per heavy atom. The minimum atomic E-state index is -0.736. The topological polar surface area (TPSA) is 113 Å². The summed E-state index contributed by atoms with van der Waals surface area (Å²) in [5, 5.41) is 21.1. The number of carbonyl (C=O) groups is 2. The molecule has 2 aromatic heterocycles. The fraction of sp³-hybridized carbons (Fsp3) is 0.400. The number of likely N-dealkylation sites (tertiary alicyclic amines) is 1. The fourth-order valence-corrected chi connectivity index (χ4v) is 4.06. The molecule has 1 saturated heterocycles. The molecule has 2 amide bonds. The van der Waals surface area contributed by atoms with Gasteiger partial charge in [-0.05, 0) is 55.5 Å². The van der Waals surface area contributed by atoms with Crippen molar-refractivity contribution in [3.05, 3.63) is 71.6 Å². The second-order valence-corrected chi connectivity index (χ2v) is 9.26. The molecule has 34 heavy (non-hydrogen) atoms. The first-order valence-corrected chi connectivity index (χ1v) is 11.4. The number of aryl methyl sites for hydroxylation is 1. The average Bonchev–Trinajstić information content (AvgIpc) is 3.23. The normalized spacial score (nSPS) is 16.2. The maximum Gasteiger partial charge on any atom is 0.274 e. The van der Waals surface area contributed by atoms with Crippen LogP contribution in [0.1, 0.15) is 64.8 Å². The van der Waals surface area contributed by atoms with Crippen molar-refractivity contribution in [3.63, 3.8) is 0 Å². The highest BCUT2D eigenvalue weighted by molar-refractivity contribution is 6.04. The predicted octanol–water partition coefficient (Wildman–Crippen LogP) is 2.80. The number of amides is 2. The Balaban J connectivity index is 1.42. The van der Waals surface area contributed by atoms with Gasteiger partial charge < -0.3 is 19.9 Å². The van der Waals surface area contributed by atoms with Crippen molar-refractivity contribution in [2.45, 2.75) is 44.6 Å². The number of nitrogens with one attached hydrogen (secondary N) is 1. The Hall–Kier alpha value is -3.59. The number of piperidine rings is 1. The molecule has 2 N–H and O–H groups in total. The maximum atomic E-state index is 12.9. The van der Waals surface area contributed by atoms with Crippen LogP contribution in [0, 0.1) is 0 Å². The monoisotopic (exact) mass is 462 g/mol. The number of hydrogen-bond donors (Lipinski definition) is 2. The van der Waals surface area contributed by atoms with Crippen LogP contribution in [-0.2, 0) is 13.5 Å². The van der Waals surface area contributed by atoms with Crippen LogP contribution >= 0.6 is 0 Å². The van der Waals surface area contributed by atoms with E-state index in [0.29, 0.717) is 37.2 Å². The van der Waals surface area contributed by atoms with Gasteiger partial charge >= 0.3 is 0 Å². The standard InChI is InChI=1S/C25H30N6O3/c1-17(13-22-29-27-16-30(22)3)18-5-4-6-20(14-18)28-23(32)21-15-19(7-10-26-21)24(33)31-11-8-25(2,34)9-12-31/h4-7,10,14-17,34H,8-9,11-13H2,1-3H3,(H,28,32)/t17-/m1/s1. The zero-order valence-electron chi connectivity index (χ0n) is 19.7. The van der Waals surface area contributed by atoms with E-state index >= 15 is 0 Å². The van der Waals surface area contributed by atoms with Crippen LogP contribution in [0.15, 0.2) is 48.9 Å². The Morgan fingerprint density at radius 3 is 2.68 bits per heavy atom. The van der Waals surface area contributed by atoms with Crippen molar-refractivity contribution in [1.82, 2.24) is 24.6 Å². The first kappa shape index (κ1) is 23.6. The summed E-state index contributed by atoms with van der Waals surface area (Å²) in [6, 6.07) is 10.8. The van der Waals surface area contributed by atoms with Gasteiger partial charge in [-0.15, -0.1) is 10.2 Å². The Morgan fingerprint density at radius 1 is 1.21 bits per heavy atom. The maximum absolute atomic E-state index is 12.9. The predicted molar refractivity (Wildman–Crippen MR) is 128 cm³/mol. The molecule has 1 aliphatic rings. The zero-order valence-corrected chi connectivity index (χ0v) is 19.7. The van der Waals surface area contributed by atoms with Gasteiger partial charge in [-0.25, -0.2) is 0 Å².